The molecular weight excluding hydrogens is 328 g/mol. The summed E-state index contributed by atoms with van der Waals surface area (Å²) in [5, 5.41) is 8.30. The van der Waals surface area contributed by atoms with Crippen molar-refractivity contribution in [2.75, 3.05) is 31.1 Å². The van der Waals surface area contributed by atoms with Gasteiger partial charge in [0.15, 0.2) is 0 Å². The zero-order valence-corrected chi connectivity index (χ0v) is 14.6. The highest BCUT2D eigenvalue weighted by atomic mass is 16.4. The Balaban J connectivity index is 1.41. The van der Waals surface area contributed by atoms with Gasteiger partial charge in [-0.05, 0) is 31.2 Å². The first-order chi connectivity index (χ1) is 12.7. The summed E-state index contributed by atoms with van der Waals surface area (Å²) < 4.78 is 5.81. The van der Waals surface area contributed by atoms with E-state index in [-0.39, 0.29) is 5.91 Å². The molecule has 1 amide bonds. The van der Waals surface area contributed by atoms with E-state index in [4.69, 9.17) is 4.42 Å². The Kier molecular flexibility index (Phi) is 4.39. The number of amides is 1. The topological polar surface area (TPSA) is 62.5 Å². The zero-order chi connectivity index (χ0) is 17.9. The molecule has 1 aliphatic rings. The van der Waals surface area contributed by atoms with E-state index in [0.29, 0.717) is 38.1 Å². The van der Waals surface area contributed by atoms with E-state index in [0.717, 1.165) is 16.7 Å². The summed E-state index contributed by atoms with van der Waals surface area (Å²) in [7, 11) is 0. The van der Waals surface area contributed by atoms with Gasteiger partial charge < -0.3 is 14.2 Å². The van der Waals surface area contributed by atoms with Crippen LogP contribution in [0.4, 0.5) is 6.01 Å². The summed E-state index contributed by atoms with van der Waals surface area (Å²) in [6.07, 6.45) is 0. The maximum absolute atomic E-state index is 12.6. The van der Waals surface area contributed by atoms with Crippen LogP contribution in [0.3, 0.4) is 0 Å². The Bertz CT molecular complexity index is 899. The van der Waals surface area contributed by atoms with Crippen molar-refractivity contribution in [2.24, 2.45) is 0 Å². The maximum Gasteiger partial charge on any atom is 0.318 e. The van der Waals surface area contributed by atoms with Crippen LogP contribution < -0.4 is 4.90 Å². The fraction of sp³-hybridized carbons (Fsp3) is 0.250. The van der Waals surface area contributed by atoms with E-state index in [1.807, 2.05) is 71.3 Å². The Labute approximate surface area is 152 Å². The van der Waals surface area contributed by atoms with Gasteiger partial charge in [-0.1, -0.05) is 41.0 Å². The molecule has 3 aromatic rings. The minimum Gasteiger partial charge on any atom is -0.403 e. The van der Waals surface area contributed by atoms with Crippen molar-refractivity contribution in [1.82, 2.24) is 15.1 Å². The average molecular weight is 348 g/mol. The summed E-state index contributed by atoms with van der Waals surface area (Å²) in [5.74, 6) is 0.586. The number of carbonyl (C=O) groups is 1. The maximum atomic E-state index is 12.6. The first-order valence-corrected chi connectivity index (χ1v) is 8.70. The van der Waals surface area contributed by atoms with E-state index >= 15 is 0 Å². The third kappa shape index (κ3) is 3.31. The molecule has 1 saturated heterocycles. The van der Waals surface area contributed by atoms with Crippen LogP contribution in [0.25, 0.3) is 11.5 Å². The normalized spacial score (nSPS) is 14.5. The van der Waals surface area contributed by atoms with Gasteiger partial charge in [-0.2, -0.15) is 0 Å². The van der Waals surface area contributed by atoms with Crippen LogP contribution >= 0.6 is 0 Å². The minimum atomic E-state index is 0.0730. The highest BCUT2D eigenvalue weighted by Gasteiger charge is 2.25. The van der Waals surface area contributed by atoms with Crippen molar-refractivity contribution in [2.45, 2.75) is 6.92 Å². The molecule has 132 valence electrons. The second kappa shape index (κ2) is 7.00. The Morgan fingerprint density at radius 1 is 0.962 bits per heavy atom. The van der Waals surface area contributed by atoms with Crippen molar-refractivity contribution in [3.63, 3.8) is 0 Å². The van der Waals surface area contributed by atoms with Gasteiger partial charge in [0, 0.05) is 37.3 Å². The Morgan fingerprint density at radius 3 is 2.46 bits per heavy atom. The van der Waals surface area contributed by atoms with E-state index < -0.39 is 0 Å². The van der Waals surface area contributed by atoms with Crippen LogP contribution in [-0.4, -0.2) is 47.2 Å². The lowest BCUT2D eigenvalue weighted by Crippen LogP contribution is -2.49. The Hall–Kier alpha value is -3.15. The lowest BCUT2D eigenvalue weighted by Gasteiger charge is -2.33. The second-order valence-electron chi connectivity index (χ2n) is 6.40. The molecule has 0 N–H and O–H groups in total. The summed E-state index contributed by atoms with van der Waals surface area (Å²) in [6, 6.07) is 17.9. The second-order valence-corrected chi connectivity index (χ2v) is 6.40. The van der Waals surface area contributed by atoms with Gasteiger partial charge in [0.05, 0.1) is 0 Å². The number of carbonyl (C=O) groups excluding carboxylic acids is 1. The van der Waals surface area contributed by atoms with E-state index in [1.165, 1.54) is 0 Å². The number of hydrogen-bond donors (Lipinski definition) is 0. The van der Waals surface area contributed by atoms with Gasteiger partial charge in [0.1, 0.15) is 0 Å². The summed E-state index contributed by atoms with van der Waals surface area (Å²) in [5.41, 5.74) is 2.73. The predicted molar refractivity (Wildman–Crippen MR) is 99.0 cm³/mol. The number of aromatic nitrogens is 2. The standard InChI is InChI=1S/C20H20N4O2/c1-15-6-5-9-17(14-15)19(25)23-10-12-24(13-11-23)20-22-21-18(26-20)16-7-3-2-4-8-16/h2-9,14H,10-13H2,1H3. The van der Waals surface area contributed by atoms with Gasteiger partial charge in [-0.25, -0.2) is 0 Å². The molecule has 0 atom stereocenters. The molecule has 0 aliphatic carbocycles. The van der Waals surface area contributed by atoms with Crippen molar-refractivity contribution in [3.05, 3.63) is 65.7 Å². The molecule has 6 nitrogen and oxygen atoms in total. The van der Waals surface area contributed by atoms with Gasteiger partial charge in [-0.15, -0.1) is 5.10 Å². The molecule has 1 fully saturated rings. The number of anilines is 1. The SMILES string of the molecule is Cc1cccc(C(=O)N2CCN(c3nnc(-c4ccccc4)o3)CC2)c1. The van der Waals surface area contributed by atoms with Gasteiger partial charge in [0.25, 0.3) is 5.91 Å². The summed E-state index contributed by atoms with van der Waals surface area (Å²) in [6.45, 7) is 4.61. The summed E-state index contributed by atoms with van der Waals surface area (Å²) >= 11 is 0. The van der Waals surface area contributed by atoms with Crippen LogP contribution in [0.1, 0.15) is 15.9 Å². The summed E-state index contributed by atoms with van der Waals surface area (Å²) in [4.78, 5) is 16.5. The zero-order valence-electron chi connectivity index (χ0n) is 14.6. The molecule has 0 bridgehead atoms. The number of piperazine rings is 1. The van der Waals surface area contributed by atoms with Crippen LogP contribution in [-0.2, 0) is 0 Å². The molecule has 4 rings (SSSR count). The van der Waals surface area contributed by atoms with Crippen LogP contribution in [0.15, 0.2) is 59.0 Å². The van der Waals surface area contributed by atoms with Crippen molar-refractivity contribution >= 4 is 11.9 Å². The van der Waals surface area contributed by atoms with Crippen LogP contribution in [0.5, 0.6) is 0 Å². The highest BCUT2D eigenvalue weighted by Crippen LogP contribution is 2.22. The molecule has 0 spiro atoms. The molecular formula is C20H20N4O2. The molecule has 0 unspecified atom stereocenters. The van der Waals surface area contributed by atoms with Crippen molar-refractivity contribution < 1.29 is 9.21 Å². The Morgan fingerprint density at radius 2 is 1.73 bits per heavy atom. The fourth-order valence-electron chi connectivity index (χ4n) is 3.10. The lowest BCUT2D eigenvalue weighted by molar-refractivity contribution is 0.0745. The van der Waals surface area contributed by atoms with Gasteiger partial charge in [0.2, 0.25) is 5.89 Å². The molecule has 1 aliphatic heterocycles. The number of benzene rings is 2. The largest absolute Gasteiger partial charge is 0.403 e. The van der Waals surface area contributed by atoms with Crippen molar-refractivity contribution in [1.29, 1.82) is 0 Å². The quantitative estimate of drug-likeness (QED) is 0.728. The average Bonchev–Trinajstić information content (AvgIpc) is 3.18. The molecule has 0 radical (unpaired) electrons. The molecule has 1 aromatic heterocycles. The minimum absolute atomic E-state index is 0.0730. The fourth-order valence-corrected chi connectivity index (χ4v) is 3.10. The number of hydrogen-bond acceptors (Lipinski definition) is 5. The number of rotatable bonds is 3. The van der Waals surface area contributed by atoms with E-state index in [1.54, 1.807) is 0 Å². The van der Waals surface area contributed by atoms with Crippen molar-refractivity contribution in [3.8, 4) is 11.5 Å². The smallest absolute Gasteiger partial charge is 0.318 e. The predicted octanol–water partition coefficient (Wildman–Crippen LogP) is 3.01. The van der Waals surface area contributed by atoms with Crippen LogP contribution in [0, 0.1) is 6.92 Å². The van der Waals surface area contributed by atoms with Gasteiger partial charge in [-0.3, -0.25) is 4.79 Å². The third-order valence-corrected chi connectivity index (χ3v) is 4.54. The third-order valence-electron chi connectivity index (χ3n) is 4.54. The highest BCUT2D eigenvalue weighted by molar-refractivity contribution is 5.94. The first-order valence-electron chi connectivity index (χ1n) is 8.70. The lowest BCUT2D eigenvalue weighted by atomic mass is 10.1. The molecule has 26 heavy (non-hydrogen) atoms. The monoisotopic (exact) mass is 348 g/mol. The molecule has 2 heterocycles. The molecule has 2 aromatic carbocycles. The first kappa shape index (κ1) is 16.3. The number of nitrogens with zero attached hydrogens (tertiary/aromatic N) is 4. The van der Waals surface area contributed by atoms with E-state index in [2.05, 4.69) is 10.2 Å². The van der Waals surface area contributed by atoms with Crippen LogP contribution in [0.2, 0.25) is 0 Å². The molecule has 0 saturated carbocycles. The molecule has 6 heteroatoms. The van der Waals surface area contributed by atoms with E-state index in [9.17, 15) is 4.79 Å². The number of aryl methyl sites for hydroxylation is 1. The van der Waals surface area contributed by atoms with Gasteiger partial charge >= 0.3 is 6.01 Å².